The normalized spacial score (nSPS) is 15.2. The van der Waals surface area contributed by atoms with E-state index in [-0.39, 0.29) is 5.97 Å². The van der Waals surface area contributed by atoms with Crippen molar-refractivity contribution in [1.29, 1.82) is 0 Å². The first-order valence-corrected chi connectivity index (χ1v) is 7.69. The lowest BCUT2D eigenvalue weighted by molar-refractivity contribution is -0.150. The molecule has 0 amide bonds. The Balaban J connectivity index is 4.06. The van der Waals surface area contributed by atoms with Crippen LogP contribution in [0.15, 0.2) is 0 Å². The standard InChI is InChI=1S/C16H34N2O2/c1-8-20-14(19)16(5,17-6)11-9-10-12-18(7)13-15(2,3)4/h17H,8-13H2,1-7H3. The van der Waals surface area contributed by atoms with Gasteiger partial charge in [0.05, 0.1) is 6.61 Å². The van der Waals surface area contributed by atoms with E-state index in [9.17, 15) is 4.79 Å². The van der Waals surface area contributed by atoms with Gasteiger partial charge in [-0.25, -0.2) is 0 Å². The molecule has 0 heterocycles. The minimum absolute atomic E-state index is 0.148. The van der Waals surface area contributed by atoms with E-state index in [1.165, 1.54) is 0 Å². The zero-order valence-corrected chi connectivity index (χ0v) is 14.5. The van der Waals surface area contributed by atoms with Gasteiger partial charge in [-0.1, -0.05) is 20.8 Å². The van der Waals surface area contributed by atoms with Crippen LogP contribution in [-0.2, 0) is 9.53 Å². The number of unbranched alkanes of at least 4 members (excludes halogenated alkanes) is 1. The summed E-state index contributed by atoms with van der Waals surface area (Å²) in [6.45, 7) is 13.1. The van der Waals surface area contributed by atoms with Crippen LogP contribution in [0.4, 0.5) is 0 Å². The van der Waals surface area contributed by atoms with Gasteiger partial charge in [0.2, 0.25) is 0 Å². The van der Waals surface area contributed by atoms with Crippen LogP contribution in [0.1, 0.15) is 53.9 Å². The summed E-state index contributed by atoms with van der Waals surface area (Å²) in [6, 6.07) is 0. The molecule has 20 heavy (non-hydrogen) atoms. The second kappa shape index (κ2) is 8.63. The van der Waals surface area contributed by atoms with Crippen molar-refractivity contribution in [3.05, 3.63) is 0 Å². The maximum atomic E-state index is 11.9. The lowest BCUT2D eigenvalue weighted by atomic mass is 9.94. The van der Waals surface area contributed by atoms with Gasteiger partial charge in [-0.2, -0.15) is 0 Å². The monoisotopic (exact) mass is 286 g/mol. The highest BCUT2D eigenvalue weighted by atomic mass is 16.5. The van der Waals surface area contributed by atoms with E-state index in [1.54, 1.807) is 0 Å². The van der Waals surface area contributed by atoms with Crippen molar-refractivity contribution in [3.63, 3.8) is 0 Å². The molecule has 1 atom stereocenters. The molecule has 0 aromatic heterocycles. The molecule has 0 bridgehead atoms. The summed E-state index contributed by atoms with van der Waals surface area (Å²) >= 11 is 0. The summed E-state index contributed by atoms with van der Waals surface area (Å²) in [5.41, 5.74) is -0.224. The molecule has 0 aromatic rings. The summed E-state index contributed by atoms with van der Waals surface area (Å²) in [5, 5.41) is 3.10. The van der Waals surface area contributed by atoms with Crippen molar-refractivity contribution in [2.45, 2.75) is 59.4 Å². The molecule has 0 aliphatic rings. The summed E-state index contributed by atoms with van der Waals surface area (Å²) < 4.78 is 5.13. The summed E-state index contributed by atoms with van der Waals surface area (Å²) in [4.78, 5) is 14.3. The maximum Gasteiger partial charge on any atom is 0.326 e. The molecule has 0 aliphatic carbocycles. The highest BCUT2D eigenvalue weighted by Gasteiger charge is 2.32. The largest absolute Gasteiger partial charge is 0.465 e. The molecule has 4 nitrogen and oxygen atoms in total. The second-order valence-electron chi connectivity index (χ2n) is 7.06. The zero-order valence-electron chi connectivity index (χ0n) is 14.5. The lowest BCUT2D eigenvalue weighted by Gasteiger charge is -2.28. The maximum absolute atomic E-state index is 11.9. The molecule has 0 aromatic carbocycles. The van der Waals surface area contributed by atoms with Crippen LogP contribution in [0, 0.1) is 5.41 Å². The van der Waals surface area contributed by atoms with Crippen LogP contribution in [0.5, 0.6) is 0 Å². The van der Waals surface area contributed by atoms with Crippen molar-refractivity contribution in [2.24, 2.45) is 5.41 Å². The van der Waals surface area contributed by atoms with Gasteiger partial charge in [0, 0.05) is 6.54 Å². The molecule has 0 spiro atoms. The number of likely N-dealkylation sites (N-methyl/N-ethyl adjacent to an activating group) is 1. The fraction of sp³-hybridized carbons (Fsp3) is 0.938. The number of nitrogens with zero attached hydrogens (tertiary/aromatic N) is 1. The molecule has 0 saturated heterocycles. The number of carbonyl (C=O) groups is 1. The van der Waals surface area contributed by atoms with E-state index < -0.39 is 5.54 Å². The fourth-order valence-electron chi connectivity index (χ4n) is 2.37. The summed E-state index contributed by atoms with van der Waals surface area (Å²) in [5.74, 6) is -0.148. The first kappa shape index (κ1) is 19.4. The first-order chi connectivity index (χ1) is 9.14. The smallest absolute Gasteiger partial charge is 0.326 e. The van der Waals surface area contributed by atoms with Crippen LogP contribution in [0.3, 0.4) is 0 Å². The average Bonchev–Trinajstić information content (AvgIpc) is 2.32. The highest BCUT2D eigenvalue weighted by Crippen LogP contribution is 2.17. The third kappa shape index (κ3) is 7.85. The lowest BCUT2D eigenvalue weighted by Crippen LogP contribution is -2.48. The van der Waals surface area contributed by atoms with Gasteiger partial charge in [0.25, 0.3) is 0 Å². The number of hydrogen-bond acceptors (Lipinski definition) is 4. The molecular formula is C16H34N2O2. The minimum Gasteiger partial charge on any atom is -0.465 e. The van der Waals surface area contributed by atoms with Crippen molar-refractivity contribution in [2.75, 3.05) is 33.8 Å². The predicted molar refractivity (Wildman–Crippen MR) is 84.9 cm³/mol. The van der Waals surface area contributed by atoms with Crippen molar-refractivity contribution < 1.29 is 9.53 Å². The van der Waals surface area contributed by atoms with Crippen LogP contribution in [0.2, 0.25) is 0 Å². The van der Waals surface area contributed by atoms with Gasteiger partial charge in [-0.3, -0.25) is 4.79 Å². The van der Waals surface area contributed by atoms with E-state index in [4.69, 9.17) is 4.74 Å². The predicted octanol–water partition coefficient (Wildman–Crippen LogP) is 2.68. The average molecular weight is 286 g/mol. The number of rotatable bonds is 9. The van der Waals surface area contributed by atoms with Crippen LogP contribution in [0.25, 0.3) is 0 Å². The van der Waals surface area contributed by atoms with Crippen LogP contribution < -0.4 is 5.32 Å². The highest BCUT2D eigenvalue weighted by molar-refractivity contribution is 5.80. The molecule has 0 saturated carbocycles. The van der Waals surface area contributed by atoms with Gasteiger partial charge < -0.3 is 15.0 Å². The molecule has 120 valence electrons. The molecule has 1 N–H and O–H groups in total. The SMILES string of the molecule is CCOC(=O)C(C)(CCCCN(C)CC(C)(C)C)NC. The van der Waals surface area contributed by atoms with E-state index in [0.29, 0.717) is 12.0 Å². The number of hydrogen-bond donors (Lipinski definition) is 1. The topological polar surface area (TPSA) is 41.6 Å². The Kier molecular flexibility index (Phi) is 8.36. The van der Waals surface area contributed by atoms with E-state index in [1.807, 2.05) is 20.9 Å². The Morgan fingerprint density at radius 3 is 2.25 bits per heavy atom. The molecular weight excluding hydrogens is 252 g/mol. The Morgan fingerprint density at radius 1 is 1.20 bits per heavy atom. The number of carbonyl (C=O) groups excluding carboxylic acids is 1. The number of nitrogens with one attached hydrogen (secondary N) is 1. The molecule has 0 radical (unpaired) electrons. The fourth-order valence-corrected chi connectivity index (χ4v) is 2.37. The Labute approximate surface area is 125 Å². The molecule has 0 rings (SSSR count). The van der Waals surface area contributed by atoms with Gasteiger partial charge in [-0.05, 0) is 59.2 Å². The van der Waals surface area contributed by atoms with Gasteiger partial charge >= 0.3 is 5.97 Å². The molecule has 0 fully saturated rings. The number of esters is 1. The first-order valence-electron chi connectivity index (χ1n) is 7.69. The third-order valence-corrected chi connectivity index (χ3v) is 3.49. The van der Waals surface area contributed by atoms with Gasteiger partial charge in [0.1, 0.15) is 5.54 Å². The Morgan fingerprint density at radius 2 is 1.80 bits per heavy atom. The quantitative estimate of drug-likeness (QED) is 0.523. The van der Waals surface area contributed by atoms with Crippen LogP contribution in [-0.4, -0.2) is 50.2 Å². The molecule has 4 heteroatoms. The molecule has 0 aliphatic heterocycles. The van der Waals surface area contributed by atoms with E-state index in [0.717, 1.165) is 32.4 Å². The Bertz CT molecular complexity index is 287. The molecule has 1 unspecified atom stereocenters. The second-order valence-corrected chi connectivity index (χ2v) is 7.06. The summed E-state index contributed by atoms with van der Waals surface area (Å²) in [6.07, 6.45) is 2.93. The van der Waals surface area contributed by atoms with Crippen molar-refractivity contribution in [3.8, 4) is 0 Å². The third-order valence-electron chi connectivity index (χ3n) is 3.49. The van der Waals surface area contributed by atoms with E-state index >= 15 is 0 Å². The van der Waals surface area contributed by atoms with Crippen LogP contribution >= 0.6 is 0 Å². The van der Waals surface area contributed by atoms with Crippen molar-refractivity contribution >= 4 is 5.97 Å². The van der Waals surface area contributed by atoms with Gasteiger partial charge in [-0.15, -0.1) is 0 Å². The van der Waals surface area contributed by atoms with Crippen molar-refractivity contribution in [1.82, 2.24) is 10.2 Å². The summed E-state index contributed by atoms with van der Waals surface area (Å²) in [7, 11) is 3.98. The van der Waals surface area contributed by atoms with E-state index in [2.05, 4.69) is 38.0 Å². The Hall–Kier alpha value is -0.610. The van der Waals surface area contributed by atoms with Gasteiger partial charge in [0.15, 0.2) is 0 Å². The number of ether oxygens (including phenoxy) is 1. The minimum atomic E-state index is -0.557. The zero-order chi connectivity index (χ0) is 15.8.